The zero-order chi connectivity index (χ0) is 19.2. The van der Waals surface area contributed by atoms with Gasteiger partial charge in [0.25, 0.3) is 5.91 Å². The van der Waals surface area contributed by atoms with Gasteiger partial charge in [-0.05, 0) is 36.4 Å². The molecule has 140 valence electrons. The average molecular weight is 368 g/mol. The summed E-state index contributed by atoms with van der Waals surface area (Å²) in [6.07, 6.45) is 3.77. The van der Waals surface area contributed by atoms with Crippen LogP contribution in [-0.2, 0) is 17.8 Å². The van der Waals surface area contributed by atoms with E-state index >= 15 is 0 Å². The molecule has 8 nitrogen and oxygen atoms in total. The van der Waals surface area contributed by atoms with Crippen LogP contribution in [0, 0.1) is 0 Å². The Balaban J connectivity index is 1.55. The fourth-order valence-electron chi connectivity index (χ4n) is 2.42. The maximum Gasteiger partial charge on any atom is 0.291 e. The first-order valence-electron chi connectivity index (χ1n) is 8.44. The van der Waals surface area contributed by atoms with Crippen LogP contribution in [0.2, 0.25) is 0 Å². The summed E-state index contributed by atoms with van der Waals surface area (Å²) >= 11 is 0. The minimum absolute atomic E-state index is 0.0165. The Kier molecular flexibility index (Phi) is 5.55. The first-order valence-corrected chi connectivity index (χ1v) is 8.44. The lowest BCUT2D eigenvalue weighted by atomic mass is 10.3. The molecule has 0 unspecified atom stereocenters. The van der Waals surface area contributed by atoms with Crippen molar-refractivity contribution in [2.24, 2.45) is 0 Å². The summed E-state index contributed by atoms with van der Waals surface area (Å²) < 4.78 is 11.9. The summed E-state index contributed by atoms with van der Waals surface area (Å²) in [7, 11) is 1.58. The van der Waals surface area contributed by atoms with Gasteiger partial charge >= 0.3 is 0 Å². The van der Waals surface area contributed by atoms with E-state index in [2.05, 4.69) is 15.7 Å². The number of methoxy groups -OCH3 is 1. The van der Waals surface area contributed by atoms with Crippen molar-refractivity contribution < 1.29 is 18.7 Å². The number of amides is 2. The van der Waals surface area contributed by atoms with E-state index in [1.54, 1.807) is 49.7 Å². The molecule has 0 bridgehead atoms. The lowest BCUT2D eigenvalue weighted by Gasteiger charge is -2.06. The highest BCUT2D eigenvalue weighted by Gasteiger charge is 2.12. The number of furan rings is 1. The van der Waals surface area contributed by atoms with Crippen LogP contribution in [0.5, 0.6) is 5.75 Å². The SMILES string of the molecule is CCc1ccc(C(=O)Nc2cnn(CC(=O)Nc3ccc(OC)cc3)c2)o1. The molecule has 2 N–H and O–H groups in total. The molecule has 27 heavy (non-hydrogen) atoms. The molecule has 0 spiro atoms. The number of ether oxygens (including phenoxy) is 1. The van der Waals surface area contributed by atoms with E-state index in [4.69, 9.17) is 9.15 Å². The summed E-state index contributed by atoms with van der Waals surface area (Å²) in [4.78, 5) is 24.3. The molecule has 1 aromatic carbocycles. The number of benzene rings is 1. The topological polar surface area (TPSA) is 98.4 Å². The van der Waals surface area contributed by atoms with Gasteiger partial charge in [-0.25, -0.2) is 0 Å². The van der Waals surface area contributed by atoms with E-state index in [1.165, 1.54) is 10.9 Å². The second-order valence-corrected chi connectivity index (χ2v) is 5.78. The van der Waals surface area contributed by atoms with Gasteiger partial charge in [-0.2, -0.15) is 5.10 Å². The van der Waals surface area contributed by atoms with E-state index in [9.17, 15) is 9.59 Å². The molecule has 3 rings (SSSR count). The average Bonchev–Trinajstić information content (AvgIpc) is 3.31. The van der Waals surface area contributed by atoms with E-state index in [1.807, 2.05) is 6.92 Å². The third-order valence-electron chi connectivity index (χ3n) is 3.80. The lowest BCUT2D eigenvalue weighted by molar-refractivity contribution is -0.116. The predicted molar refractivity (Wildman–Crippen MR) is 99.9 cm³/mol. The number of nitrogens with zero attached hydrogens (tertiary/aromatic N) is 2. The summed E-state index contributed by atoms with van der Waals surface area (Å²) in [5, 5.41) is 9.54. The maximum atomic E-state index is 12.1. The van der Waals surface area contributed by atoms with Gasteiger partial charge in [-0.15, -0.1) is 0 Å². The zero-order valence-corrected chi connectivity index (χ0v) is 15.1. The van der Waals surface area contributed by atoms with Gasteiger partial charge in [0.2, 0.25) is 5.91 Å². The van der Waals surface area contributed by atoms with Crippen molar-refractivity contribution in [3.63, 3.8) is 0 Å². The molecule has 0 atom stereocenters. The summed E-state index contributed by atoms with van der Waals surface area (Å²) in [6.45, 7) is 1.96. The van der Waals surface area contributed by atoms with Crippen LogP contribution >= 0.6 is 0 Å². The fraction of sp³-hybridized carbons (Fsp3) is 0.211. The monoisotopic (exact) mass is 368 g/mol. The van der Waals surface area contributed by atoms with Crippen molar-refractivity contribution in [1.29, 1.82) is 0 Å². The van der Waals surface area contributed by atoms with Gasteiger partial charge in [-0.1, -0.05) is 6.92 Å². The van der Waals surface area contributed by atoms with Crippen LogP contribution in [0.25, 0.3) is 0 Å². The first kappa shape index (κ1) is 18.2. The summed E-state index contributed by atoms with van der Waals surface area (Å²) in [5.74, 6) is 1.09. The molecule has 0 saturated heterocycles. The molecule has 2 aromatic heterocycles. The molecule has 2 heterocycles. The van der Waals surface area contributed by atoms with Gasteiger partial charge in [-0.3, -0.25) is 14.3 Å². The van der Waals surface area contributed by atoms with Crippen LogP contribution in [0.1, 0.15) is 23.2 Å². The molecule has 0 radical (unpaired) electrons. The standard InChI is InChI=1S/C19H20N4O4/c1-3-15-8-9-17(27-15)19(25)22-14-10-20-23(11-14)12-18(24)21-13-4-6-16(26-2)7-5-13/h4-11H,3,12H2,1-2H3,(H,21,24)(H,22,25). The van der Waals surface area contributed by atoms with Crippen LogP contribution in [0.3, 0.4) is 0 Å². The number of aryl methyl sites for hydroxylation is 1. The van der Waals surface area contributed by atoms with E-state index in [-0.39, 0.29) is 24.1 Å². The third kappa shape index (κ3) is 4.75. The Morgan fingerprint density at radius 1 is 1.11 bits per heavy atom. The maximum absolute atomic E-state index is 12.1. The van der Waals surface area contributed by atoms with E-state index in [0.717, 1.165) is 5.76 Å². The minimum Gasteiger partial charge on any atom is -0.497 e. The van der Waals surface area contributed by atoms with Crippen molar-refractivity contribution in [3.8, 4) is 5.75 Å². The Labute approximate surface area is 156 Å². The molecule has 0 saturated carbocycles. The normalized spacial score (nSPS) is 10.4. The molecule has 3 aromatic rings. The molecule has 0 fully saturated rings. The van der Waals surface area contributed by atoms with Crippen LogP contribution in [-0.4, -0.2) is 28.7 Å². The van der Waals surface area contributed by atoms with Crippen LogP contribution in [0.4, 0.5) is 11.4 Å². The van der Waals surface area contributed by atoms with Gasteiger partial charge in [0.1, 0.15) is 18.1 Å². The smallest absolute Gasteiger partial charge is 0.291 e. The number of hydrogen-bond donors (Lipinski definition) is 2. The number of nitrogens with one attached hydrogen (secondary N) is 2. The largest absolute Gasteiger partial charge is 0.497 e. The Morgan fingerprint density at radius 2 is 1.89 bits per heavy atom. The van der Waals surface area contributed by atoms with E-state index in [0.29, 0.717) is 23.5 Å². The van der Waals surface area contributed by atoms with Gasteiger partial charge in [0.05, 0.1) is 19.0 Å². The molecule has 2 amide bonds. The van der Waals surface area contributed by atoms with Gasteiger partial charge < -0.3 is 19.8 Å². The number of carbonyl (C=O) groups excluding carboxylic acids is 2. The number of aromatic nitrogens is 2. The zero-order valence-electron chi connectivity index (χ0n) is 15.1. The fourth-order valence-corrected chi connectivity index (χ4v) is 2.42. The van der Waals surface area contributed by atoms with Crippen molar-refractivity contribution in [2.45, 2.75) is 19.9 Å². The van der Waals surface area contributed by atoms with Gasteiger partial charge in [0.15, 0.2) is 5.76 Å². The second kappa shape index (κ2) is 8.22. The van der Waals surface area contributed by atoms with Crippen molar-refractivity contribution in [2.75, 3.05) is 17.7 Å². The molecule has 0 aliphatic rings. The summed E-state index contributed by atoms with van der Waals surface area (Å²) in [6, 6.07) is 10.4. The molecule has 0 aliphatic heterocycles. The lowest BCUT2D eigenvalue weighted by Crippen LogP contribution is -2.19. The highest BCUT2D eigenvalue weighted by molar-refractivity contribution is 6.02. The Morgan fingerprint density at radius 3 is 2.56 bits per heavy atom. The summed E-state index contributed by atoms with van der Waals surface area (Å²) in [5.41, 5.74) is 1.14. The first-order chi connectivity index (χ1) is 13.1. The molecular weight excluding hydrogens is 348 g/mol. The van der Waals surface area contributed by atoms with Crippen molar-refractivity contribution >= 4 is 23.2 Å². The Hall–Kier alpha value is -3.55. The van der Waals surface area contributed by atoms with Gasteiger partial charge in [0, 0.05) is 18.3 Å². The van der Waals surface area contributed by atoms with E-state index < -0.39 is 0 Å². The highest BCUT2D eigenvalue weighted by atomic mass is 16.5. The number of carbonyl (C=O) groups is 2. The predicted octanol–water partition coefficient (Wildman–Crippen LogP) is 2.94. The molecule has 8 heteroatoms. The highest BCUT2D eigenvalue weighted by Crippen LogP contribution is 2.15. The van der Waals surface area contributed by atoms with Crippen molar-refractivity contribution in [1.82, 2.24) is 9.78 Å². The van der Waals surface area contributed by atoms with Crippen LogP contribution in [0.15, 0.2) is 53.2 Å². The molecular formula is C19H20N4O4. The quantitative estimate of drug-likeness (QED) is 0.668. The molecule has 0 aliphatic carbocycles. The number of hydrogen-bond acceptors (Lipinski definition) is 5. The number of anilines is 2. The minimum atomic E-state index is -0.364. The second-order valence-electron chi connectivity index (χ2n) is 5.78. The third-order valence-corrected chi connectivity index (χ3v) is 3.80. The number of rotatable bonds is 7. The van der Waals surface area contributed by atoms with Crippen LogP contribution < -0.4 is 15.4 Å². The van der Waals surface area contributed by atoms with Crippen molar-refractivity contribution in [3.05, 3.63) is 60.3 Å². The Bertz CT molecular complexity index is 927.